The highest BCUT2D eigenvalue weighted by molar-refractivity contribution is 5.38. The third kappa shape index (κ3) is 3.20. The van der Waals surface area contributed by atoms with Crippen molar-refractivity contribution >= 4 is 0 Å². The maximum absolute atomic E-state index is 5.32. The lowest BCUT2D eigenvalue weighted by atomic mass is 10.1. The fraction of sp³-hybridized carbons (Fsp3) is 0.500. The highest BCUT2D eigenvalue weighted by atomic mass is 16.6. The summed E-state index contributed by atoms with van der Waals surface area (Å²) < 4.78 is 5.32. The molecule has 1 atom stereocenters. The van der Waals surface area contributed by atoms with E-state index >= 15 is 0 Å². The Hall–Kier alpha value is -1.10. The molecule has 4 heteroatoms. The zero-order chi connectivity index (χ0) is 12.1. The van der Waals surface area contributed by atoms with Crippen molar-refractivity contribution in [1.82, 2.24) is 4.90 Å². The second kappa shape index (κ2) is 5.84. The first-order valence-electron chi connectivity index (χ1n) is 5.25. The van der Waals surface area contributed by atoms with Gasteiger partial charge in [0.1, 0.15) is 11.9 Å². The number of hydrogen-bond donors (Lipinski definition) is 1. The van der Waals surface area contributed by atoms with Gasteiger partial charge in [-0.2, -0.15) is 0 Å². The van der Waals surface area contributed by atoms with E-state index in [0.717, 1.165) is 23.4 Å². The number of nitrogens with zero attached hydrogens (tertiary/aromatic N) is 1. The predicted octanol–water partition coefficient (Wildman–Crippen LogP) is 1.71. The number of methoxy groups -OCH3 is 1. The molecule has 0 amide bonds. The van der Waals surface area contributed by atoms with Gasteiger partial charge in [0.2, 0.25) is 0 Å². The van der Waals surface area contributed by atoms with Crippen molar-refractivity contribution < 1.29 is 9.57 Å². The monoisotopic (exact) mass is 224 g/mol. The van der Waals surface area contributed by atoms with Crippen LogP contribution in [0.4, 0.5) is 0 Å². The van der Waals surface area contributed by atoms with Gasteiger partial charge in [0.25, 0.3) is 0 Å². The molecule has 0 heterocycles. The Kier molecular flexibility index (Phi) is 4.73. The zero-order valence-electron chi connectivity index (χ0n) is 10.4. The number of benzene rings is 1. The Labute approximate surface area is 96.9 Å². The summed E-state index contributed by atoms with van der Waals surface area (Å²) in [5.74, 6) is 6.07. The molecule has 16 heavy (non-hydrogen) atoms. The molecule has 0 aliphatic rings. The van der Waals surface area contributed by atoms with E-state index in [1.165, 1.54) is 0 Å². The number of hydrogen-bond acceptors (Lipinski definition) is 4. The van der Waals surface area contributed by atoms with Gasteiger partial charge >= 0.3 is 0 Å². The second-order valence-corrected chi connectivity index (χ2v) is 4.09. The molecule has 0 spiro atoms. The van der Waals surface area contributed by atoms with Crippen molar-refractivity contribution in [1.29, 1.82) is 0 Å². The minimum absolute atomic E-state index is 0.105. The van der Waals surface area contributed by atoms with Gasteiger partial charge in [-0.25, -0.2) is 5.90 Å². The molecule has 90 valence electrons. The molecule has 0 aliphatic heterocycles. The molecular weight excluding hydrogens is 204 g/mol. The third-order valence-electron chi connectivity index (χ3n) is 2.46. The largest absolute Gasteiger partial charge is 0.496 e. The van der Waals surface area contributed by atoms with Gasteiger partial charge in [-0.1, -0.05) is 6.07 Å². The van der Waals surface area contributed by atoms with E-state index in [0.29, 0.717) is 0 Å². The molecule has 0 radical (unpaired) electrons. The topological polar surface area (TPSA) is 47.7 Å². The Bertz CT molecular complexity index is 340. The molecule has 1 aromatic carbocycles. The van der Waals surface area contributed by atoms with Crippen molar-refractivity contribution in [3.63, 3.8) is 0 Å². The van der Waals surface area contributed by atoms with Crippen LogP contribution in [0.5, 0.6) is 5.75 Å². The van der Waals surface area contributed by atoms with E-state index in [-0.39, 0.29) is 6.10 Å². The summed E-state index contributed by atoms with van der Waals surface area (Å²) in [7, 11) is 5.72. The lowest BCUT2D eigenvalue weighted by Gasteiger charge is -2.16. The van der Waals surface area contributed by atoms with Crippen LogP contribution in [0, 0.1) is 0 Å². The van der Waals surface area contributed by atoms with E-state index < -0.39 is 0 Å². The van der Waals surface area contributed by atoms with Crippen LogP contribution in [0.3, 0.4) is 0 Å². The summed E-state index contributed by atoms with van der Waals surface area (Å²) in [6.07, 6.45) is -0.105. The molecule has 1 aromatic rings. The smallest absolute Gasteiger partial charge is 0.123 e. The molecule has 0 saturated heterocycles. The SMILES string of the molecule is COc1ccc(C(C)ON)cc1CN(C)C. The summed E-state index contributed by atoms with van der Waals surface area (Å²) in [4.78, 5) is 6.91. The van der Waals surface area contributed by atoms with Crippen LogP contribution >= 0.6 is 0 Å². The summed E-state index contributed by atoms with van der Waals surface area (Å²) >= 11 is 0. The highest BCUT2D eigenvalue weighted by Crippen LogP contribution is 2.25. The van der Waals surface area contributed by atoms with Gasteiger partial charge in [0.15, 0.2) is 0 Å². The summed E-state index contributed by atoms with van der Waals surface area (Å²) in [5, 5.41) is 0. The minimum Gasteiger partial charge on any atom is -0.496 e. The van der Waals surface area contributed by atoms with Crippen LogP contribution < -0.4 is 10.6 Å². The fourth-order valence-corrected chi connectivity index (χ4v) is 1.59. The number of nitrogens with two attached hydrogens (primary N) is 1. The first-order valence-corrected chi connectivity index (χ1v) is 5.25. The molecule has 4 nitrogen and oxygen atoms in total. The number of rotatable bonds is 5. The summed E-state index contributed by atoms with van der Waals surface area (Å²) in [5.41, 5.74) is 2.19. The van der Waals surface area contributed by atoms with E-state index in [1.807, 2.05) is 33.2 Å². The average molecular weight is 224 g/mol. The van der Waals surface area contributed by atoms with Crippen molar-refractivity contribution in [2.45, 2.75) is 19.6 Å². The lowest BCUT2D eigenvalue weighted by Crippen LogP contribution is -2.13. The van der Waals surface area contributed by atoms with Gasteiger partial charge in [0.05, 0.1) is 7.11 Å². The molecule has 0 aliphatic carbocycles. The molecule has 1 unspecified atom stereocenters. The number of ether oxygens (including phenoxy) is 1. The molecule has 0 fully saturated rings. The predicted molar refractivity (Wildman–Crippen MR) is 64.1 cm³/mol. The fourth-order valence-electron chi connectivity index (χ4n) is 1.59. The average Bonchev–Trinajstić information content (AvgIpc) is 2.27. The van der Waals surface area contributed by atoms with Crippen LogP contribution in [-0.2, 0) is 11.4 Å². The van der Waals surface area contributed by atoms with E-state index in [2.05, 4.69) is 11.0 Å². The van der Waals surface area contributed by atoms with Crippen LogP contribution in [0.15, 0.2) is 18.2 Å². The van der Waals surface area contributed by atoms with Crippen LogP contribution in [0.1, 0.15) is 24.2 Å². The van der Waals surface area contributed by atoms with E-state index in [4.69, 9.17) is 15.5 Å². The highest BCUT2D eigenvalue weighted by Gasteiger charge is 2.10. The molecule has 0 aromatic heterocycles. The van der Waals surface area contributed by atoms with Gasteiger partial charge < -0.3 is 9.64 Å². The quantitative estimate of drug-likeness (QED) is 0.773. The van der Waals surface area contributed by atoms with Crippen molar-refractivity contribution in [2.24, 2.45) is 5.90 Å². The zero-order valence-corrected chi connectivity index (χ0v) is 10.4. The molecular formula is C12H20N2O2. The van der Waals surface area contributed by atoms with E-state index in [9.17, 15) is 0 Å². The Morgan fingerprint density at radius 3 is 2.56 bits per heavy atom. The van der Waals surface area contributed by atoms with Crippen molar-refractivity contribution in [3.8, 4) is 5.75 Å². The van der Waals surface area contributed by atoms with Gasteiger partial charge in [-0.3, -0.25) is 4.84 Å². The molecule has 2 N–H and O–H groups in total. The van der Waals surface area contributed by atoms with Crippen LogP contribution in [-0.4, -0.2) is 26.1 Å². The maximum Gasteiger partial charge on any atom is 0.123 e. The van der Waals surface area contributed by atoms with Gasteiger partial charge in [-0.05, 0) is 38.7 Å². The van der Waals surface area contributed by atoms with Crippen molar-refractivity contribution in [2.75, 3.05) is 21.2 Å². The Balaban J connectivity index is 3.00. The third-order valence-corrected chi connectivity index (χ3v) is 2.46. The normalized spacial score (nSPS) is 12.9. The van der Waals surface area contributed by atoms with Crippen LogP contribution in [0.2, 0.25) is 0 Å². The summed E-state index contributed by atoms with van der Waals surface area (Å²) in [6.45, 7) is 2.75. The maximum atomic E-state index is 5.32. The second-order valence-electron chi connectivity index (χ2n) is 4.09. The molecule has 0 saturated carbocycles. The molecule has 0 bridgehead atoms. The lowest BCUT2D eigenvalue weighted by molar-refractivity contribution is 0.0663. The van der Waals surface area contributed by atoms with Gasteiger partial charge in [-0.15, -0.1) is 0 Å². The van der Waals surface area contributed by atoms with Crippen LogP contribution in [0.25, 0.3) is 0 Å². The Morgan fingerprint density at radius 2 is 2.06 bits per heavy atom. The Morgan fingerprint density at radius 1 is 1.38 bits per heavy atom. The summed E-state index contributed by atoms with van der Waals surface area (Å²) in [6, 6.07) is 5.98. The van der Waals surface area contributed by atoms with Crippen molar-refractivity contribution in [3.05, 3.63) is 29.3 Å². The minimum atomic E-state index is -0.105. The first-order chi connectivity index (χ1) is 7.58. The van der Waals surface area contributed by atoms with Gasteiger partial charge in [0, 0.05) is 12.1 Å². The first kappa shape index (κ1) is 13.0. The molecule has 1 rings (SSSR count). The van der Waals surface area contributed by atoms with E-state index in [1.54, 1.807) is 7.11 Å². The standard InChI is InChI=1S/C12H20N2O2/c1-9(16-13)10-5-6-12(15-4)11(7-10)8-14(2)3/h5-7,9H,8,13H2,1-4H3.